The molecule has 10 heavy (non-hydrogen) atoms. The Hall–Kier alpha value is -0.590. The number of allylic oxidation sites excluding steroid dienone is 2. The lowest BCUT2D eigenvalue weighted by molar-refractivity contribution is 1.02. The summed E-state index contributed by atoms with van der Waals surface area (Å²) in [6.45, 7) is 6.22. The Bertz CT molecular complexity index is 130. The van der Waals surface area contributed by atoms with Gasteiger partial charge in [0.1, 0.15) is 0 Å². The van der Waals surface area contributed by atoms with E-state index in [1.165, 1.54) is 5.57 Å². The zero-order valence-electron chi connectivity index (χ0n) is 7.20. The van der Waals surface area contributed by atoms with Crippen molar-refractivity contribution >= 4 is 5.71 Å². The smallest absolute Gasteiger partial charge is 0.00895 e. The molecule has 0 amide bonds. The molecule has 0 aliphatic heterocycles. The lowest BCUT2D eigenvalue weighted by Gasteiger charge is -1.95. The molecule has 0 saturated heterocycles. The topological polar surface area (TPSA) is 23.9 Å². The van der Waals surface area contributed by atoms with Crippen LogP contribution in [0.2, 0.25) is 0 Å². The minimum Gasteiger partial charge on any atom is -0.310 e. The SMILES string of the molecule is CCC(=N)CCC=C(C)C. The van der Waals surface area contributed by atoms with Gasteiger partial charge in [0, 0.05) is 5.71 Å². The molecule has 0 bridgehead atoms. The third-order valence-corrected chi connectivity index (χ3v) is 1.43. The molecule has 0 radical (unpaired) electrons. The van der Waals surface area contributed by atoms with Crippen LogP contribution in [0.15, 0.2) is 11.6 Å². The van der Waals surface area contributed by atoms with Crippen molar-refractivity contribution in [1.82, 2.24) is 0 Å². The van der Waals surface area contributed by atoms with Crippen molar-refractivity contribution in [3.05, 3.63) is 11.6 Å². The quantitative estimate of drug-likeness (QED) is 0.457. The van der Waals surface area contributed by atoms with Crippen LogP contribution in [0.25, 0.3) is 0 Å². The molecule has 0 atom stereocenters. The summed E-state index contributed by atoms with van der Waals surface area (Å²) in [4.78, 5) is 0. The van der Waals surface area contributed by atoms with Gasteiger partial charge in [-0.2, -0.15) is 0 Å². The van der Waals surface area contributed by atoms with E-state index in [0.717, 1.165) is 25.0 Å². The van der Waals surface area contributed by atoms with Gasteiger partial charge in [0.2, 0.25) is 0 Å². The third-order valence-electron chi connectivity index (χ3n) is 1.43. The lowest BCUT2D eigenvalue weighted by atomic mass is 10.1. The predicted octanol–water partition coefficient (Wildman–Crippen LogP) is 3.16. The molecule has 58 valence electrons. The van der Waals surface area contributed by atoms with Gasteiger partial charge in [-0.3, -0.25) is 0 Å². The second-order valence-corrected chi connectivity index (χ2v) is 2.78. The number of hydrogen-bond donors (Lipinski definition) is 1. The van der Waals surface area contributed by atoms with Gasteiger partial charge in [-0.15, -0.1) is 0 Å². The molecule has 0 aromatic heterocycles. The molecule has 1 nitrogen and oxygen atoms in total. The van der Waals surface area contributed by atoms with Crippen LogP contribution in [-0.2, 0) is 0 Å². The molecular formula is C9H17N. The first kappa shape index (κ1) is 9.41. The maximum absolute atomic E-state index is 7.35. The molecular weight excluding hydrogens is 122 g/mol. The Morgan fingerprint density at radius 2 is 2.00 bits per heavy atom. The van der Waals surface area contributed by atoms with E-state index in [2.05, 4.69) is 19.9 Å². The minimum atomic E-state index is 0.859. The van der Waals surface area contributed by atoms with Crippen molar-refractivity contribution < 1.29 is 0 Å². The van der Waals surface area contributed by atoms with Gasteiger partial charge < -0.3 is 5.41 Å². The van der Waals surface area contributed by atoms with E-state index in [1.54, 1.807) is 0 Å². The van der Waals surface area contributed by atoms with Gasteiger partial charge in [0.05, 0.1) is 0 Å². The molecule has 0 aliphatic carbocycles. The summed E-state index contributed by atoms with van der Waals surface area (Å²) in [5.74, 6) is 0. The van der Waals surface area contributed by atoms with Crippen molar-refractivity contribution in [2.45, 2.75) is 40.0 Å². The molecule has 1 heteroatoms. The van der Waals surface area contributed by atoms with Crippen LogP contribution in [0.1, 0.15) is 40.0 Å². The zero-order chi connectivity index (χ0) is 7.98. The Balaban J connectivity index is 3.37. The van der Waals surface area contributed by atoms with Gasteiger partial charge in [-0.05, 0) is 33.1 Å². The monoisotopic (exact) mass is 139 g/mol. The lowest BCUT2D eigenvalue weighted by Crippen LogP contribution is -1.91. The van der Waals surface area contributed by atoms with Crippen LogP contribution in [-0.4, -0.2) is 5.71 Å². The molecule has 0 fully saturated rings. The van der Waals surface area contributed by atoms with Crippen molar-refractivity contribution in [2.75, 3.05) is 0 Å². The molecule has 0 aromatic carbocycles. The number of rotatable bonds is 4. The minimum absolute atomic E-state index is 0.859. The van der Waals surface area contributed by atoms with Crippen LogP contribution in [0.4, 0.5) is 0 Å². The average Bonchev–Trinajstić information content (AvgIpc) is 1.87. The largest absolute Gasteiger partial charge is 0.310 e. The summed E-state index contributed by atoms with van der Waals surface area (Å²) in [5, 5.41) is 7.35. The maximum Gasteiger partial charge on any atom is 0.00895 e. The highest BCUT2D eigenvalue weighted by molar-refractivity contribution is 5.81. The fourth-order valence-corrected chi connectivity index (χ4v) is 0.712. The Morgan fingerprint density at radius 3 is 2.40 bits per heavy atom. The Morgan fingerprint density at radius 1 is 1.40 bits per heavy atom. The van der Waals surface area contributed by atoms with Gasteiger partial charge in [-0.25, -0.2) is 0 Å². The molecule has 0 rings (SSSR count). The molecule has 1 N–H and O–H groups in total. The van der Waals surface area contributed by atoms with E-state index in [9.17, 15) is 0 Å². The van der Waals surface area contributed by atoms with Gasteiger partial charge in [0.25, 0.3) is 0 Å². The summed E-state index contributed by atoms with van der Waals surface area (Å²) >= 11 is 0. The highest BCUT2D eigenvalue weighted by Crippen LogP contribution is 1.99. The Kier molecular flexibility index (Phi) is 4.91. The standard InChI is InChI=1S/C9H17N/c1-4-9(10)7-5-6-8(2)3/h6,10H,4-5,7H2,1-3H3. The van der Waals surface area contributed by atoms with Crippen LogP contribution < -0.4 is 0 Å². The first-order valence-electron chi connectivity index (χ1n) is 3.86. The van der Waals surface area contributed by atoms with Crippen LogP contribution in [0.3, 0.4) is 0 Å². The molecule has 0 saturated carbocycles. The maximum atomic E-state index is 7.35. The van der Waals surface area contributed by atoms with Gasteiger partial charge >= 0.3 is 0 Å². The highest BCUT2D eigenvalue weighted by Gasteiger charge is 1.89. The molecule has 0 aromatic rings. The highest BCUT2D eigenvalue weighted by atomic mass is 14.4. The van der Waals surface area contributed by atoms with E-state index in [0.29, 0.717) is 0 Å². The fraction of sp³-hybridized carbons (Fsp3) is 0.667. The van der Waals surface area contributed by atoms with Crippen molar-refractivity contribution in [2.24, 2.45) is 0 Å². The van der Waals surface area contributed by atoms with E-state index in [4.69, 9.17) is 5.41 Å². The summed E-state index contributed by atoms with van der Waals surface area (Å²) in [6, 6.07) is 0. The van der Waals surface area contributed by atoms with Crippen LogP contribution >= 0.6 is 0 Å². The third kappa shape index (κ3) is 5.54. The van der Waals surface area contributed by atoms with Crippen molar-refractivity contribution in [3.63, 3.8) is 0 Å². The van der Waals surface area contributed by atoms with Crippen molar-refractivity contribution in [1.29, 1.82) is 5.41 Å². The summed E-state index contributed by atoms with van der Waals surface area (Å²) in [6.07, 6.45) is 5.05. The molecule has 0 spiro atoms. The molecule has 0 heterocycles. The van der Waals surface area contributed by atoms with E-state index < -0.39 is 0 Å². The van der Waals surface area contributed by atoms with Crippen LogP contribution in [0, 0.1) is 5.41 Å². The Labute approximate surface area is 63.7 Å². The number of nitrogens with one attached hydrogen (secondary N) is 1. The second kappa shape index (κ2) is 5.21. The predicted molar refractivity (Wildman–Crippen MR) is 46.7 cm³/mol. The van der Waals surface area contributed by atoms with E-state index >= 15 is 0 Å². The zero-order valence-corrected chi connectivity index (χ0v) is 7.20. The van der Waals surface area contributed by atoms with Crippen LogP contribution in [0.5, 0.6) is 0 Å². The second-order valence-electron chi connectivity index (χ2n) is 2.78. The van der Waals surface area contributed by atoms with Gasteiger partial charge in [0.15, 0.2) is 0 Å². The molecule has 0 unspecified atom stereocenters. The fourth-order valence-electron chi connectivity index (χ4n) is 0.712. The summed E-state index contributed by atoms with van der Waals surface area (Å²) < 4.78 is 0. The normalized spacial score (nSPS) is 9.10. The number of hydrogen-bond acceptors (Lipinski definition) is 1. The molecule has 0 aliphatic rings. The van der Waals surface area contributed by atoms with Gasteiger partial charge in [-0.1, -0.05) is 18.6 Å². The summed E-state index contributed by atoms with van der Waals surface area (Å²) in [5.41, 5.74) is 2.21. The van der Waals surface area contributed by atoms with E-state index in [1.807, 2.05) is 6.92 Å². The first-order chi connectivity index (χ1) is 4.66. The average molecular weight is 139 g/mol. The first-order valence-corrected chi connectivity index (χ1v) is 3.86. The van der Waals surface area contributed by atoms with E-state index in [-0.39, 0.29) is 0 Å². The van der Waals surface area contributed by atoms with Crippen molar-refractivity contribution in [3.8, 4) is 0 Å². The summed E-state index contributed by atoms with van der Waals surface area (Å²) in [7, 11) is 0.